The molecule has 5 nitrogen and oxygen atoms in total. The molecule has 2 aromatic carbocycles. The molecule has 0 aliphatic carbocycles. The zero-order chi connectivity index (χ0) is 15.0. The van der Waals surface area contributed by atoms with E-state index in [1.54, 1.807) is 24.3 Å². The average molecular weight is 281 g/mol. The van der Waals surface area contributed by atoms with Crippen LogP contribution in [0.3, 0.4) is 0 Å². The summed E-state index contributed by atoms with van der Waals surface area (Å²) in [6.45, 7) is 0. The lowest BCUT2D eigenvalue weighted by atomic mass is 10.0. The molecule has 5 heteroatoms. The number of fused-ring (bicyclic) bond motifs is 1. The van der Waals surface area contributed by atoms with Gasteiger partial charge in [0.2, 0.25) is 0 Å². The van der Waals surface area contributed by atoms with Gasteiger partial charge in [-0.05, 0) is 11.5 Å². The molecule has 0 aromatic heterocycles. The van der Waals surface area contributed by atoms with Gasteiger partial charge in [-0.15, -0.1) is 0 Å². The lowest BCUT2D eigenvalue weighted by molar-refractivity contribution is -0.119. The molecule has 2 amide bonds. The second-order valence-corrected chi connectivity index (χ2v) is 4.52. The molecule has 0 saturated carbocycles. The fourth-order valence-electron chi connectivity index (χ4n) is 2.39. The number of anilines is 1. The van der Waals surface area contributed by atoms with E-state index in [9.17, 15) is 14.4 Å². The molecule has 104 valence electrons. The molecule has 3 rings (SSSR count). The summed E-state index contributed by atoms with van der Waals surface area (Å²) in [4.78, 5) is 36.9. The van der Waals surface area contributed by atoms with Crippen molar-refractivity contribution in [2.75, 3.05) is 12.0 Å². The Morgan fingerprint density at radius 2 is 1.67 bits per heavy atom. The lowest BCUT2D eigenvalue weighted by Gasteiger charge is -2.19. The number of benzene rings is 2. The summed E-state index contributed by atoms with van der Waals surface area (Å²) in [5, 5.41) is 1.47. The van der Waals surface area contributed by atoms with Crippen molar-refractivity contribution in [3.63, 3.8) is 0 Å². The number of imide groups is 1. The Kier molecular flexibility index (Phi) is 3.02. The first kappa shape index (κ1) is 13.1. The Balaban J connectivity index is 2.34. The number of ether oxygens (including phenoxy) is 1. The van der Waals surface area contributed by atoms with Gasteiger partial charge in [-0.1, -0.05) is 30.3 Å². The molecule has 0 N–H and O–H groups in total. The SMILES string of the molecule is COC(=O)c1ccc2ccccc2c1N1C(=O)C=CC1=O. The third-order valence-corrected chi connectivity index (χ3v) is 3.34. The highest BCUT2D eigenvalue weighted by atomic mass is 16.5. The highest BCUT2D eigenvalue weighted by Crippen LogP contribution is 2.33. The van der Waals surface area contributed by atoms with E-state index in [2.05, 4.69) is 0 Å². The third-order valence-electron chi connectivity index (χ3n) is 3.34. The van der Waals surface area contributed by atoms with E-state index in [0.717, 1.165) is 10.3 Å². The van der Waals surface area contributed by atoms with E-state index in [1.165, 1.54) is 19.3 Å². The molecular weight excluding hydrogens is 270 g/mol. The Labute approximate surface area is 120 Å². The summed E-state index contributed by atoms with van der Waals surface area (Å²) >= 11 is 0. The minimum Gasteiger partial charge on any atom is -0.465 e. The number of amides is 2. The molecule has 0 radical (unpaired) electrons. The number of methoxy groups -OCH3 is 1. The predicted octanol–water partition coefficient (Wildman–Crippen LogP) is 2.06. The molecule has 1 aliphatic heterocycles. The quantitative estimate of drug-likeness (QED) is 0.624. The summed E-state index contributed by atoms with van der Waals surface area (Å²) < 4.78 is 4.75. The Morgan fingerprint density at radius 3 is 2.33 bits per heavy atom. The van der Waals surface area contributed by atoms with Gasteiger partial charge in [0.15, 0.2) is 0 Å². The van der Waals surface area contributed by atoms with Gasteiger partial charge >= 0.3 is 5.97 Å². The van der Waals surface area contributed by atoms with Gasteiger partial charge in [0.1, 0.15) is 0 Å². The zero-order valence-electron chi connectivity index (χ0n) is 11.2. The standard InChI is InChI=1S/C16H11NO4/c1-21-16(20)12-7-6-10-4-2-3-5-11(10)15(12)17-13(18)8-9-14(17)19/h2-9H,1H3. The van der Waals surface area contributed by atoms with Gasteiger partial charge in [0.05, 0.1) is 18.4 Å². The number of esters is 1. The van der Waals surface area contributed by atoms with Crippen LogP contribution in [0.15, 0.2) is 48.6 Å². The molecule has 0 fully saturated rings. The largest absolute Gasteiger partial charge is 0.465 e. The van der Waals surface area contributed by atoms with E-state index in [1.807, 2.05) is 12.1 Å². The lowest BCUT2D eigenvalue weighted by Crippen LogP contribution is -2.31. The Morgan fingerprint density at radius 1 is 1.00 bits per heavy atom. The maximum Gasteiger partial charge on any atom is 0.340 e. The van der Waals surface area contributed by atoms with Crippen molar-refractivity contribution in [2.24, 2.45) is 0 Å². The molecule has 2 aromatic rings. The number of carbonyl (C=O) groups is 3. The smallest absolute Gasteiger partial charge is 0.340 e. The minimum atomic E-state index is -0.594. The molecule has 1 aliphatic rings. The molecule has 21 heavy (non-hydrogen) atoms. The second-order valence-electron chi connectivity index (χ2n) is 4.52. The van der Waals surface area contributed by atoms with Crippen LogP contribution >= 0.6 is 0 Å². The normalized spacial score (nSPS) is 14.0. The predicted molar refractivity (Wildman–Crippen MR) is 76.9 cm³/mol. The van der Waals surface area contributed by atoms with Crippen molar-refractivity contribution >= 4 is 34.2 Å². The maximum absolute atomic E-state index is 12.0. The number of carbonyl (C=O) groups excluding carboxylic acids is 3. The van der Waals surface area contributed by atoms with Gasteiger partial charge in [-0.3, -0.25) is 9.59 Å². The van der Waals surface area contributed by atoms with Crippen LogP contribution in [0.4, 0.5) is 5.69 Å². The molecule has 0 bridgehead atoms. The van der Waals surface area contributed by atoms with Crippen molar-refractivity contribution < 1.29 is 19.1 Å². The van der Waals surface area contributed by atoms with Crippen LogP contribution in [0.25, 0.3) is 10.8 Å². The van der Waals surface area contributed by atoms with Crippen molar-refractivity contribution in [1.29, 1.82) is 0 Å². The Hall–Kier alpha value is -2.95. The van der Waals surface area contributed by atoms with E-state index in [-0.39, 0.29) is 11.3 Å². The van der Waals surface area contributed by atoms with Crippen LogP contribution in [0.1, 0.15) is 10.4 Å². The number of rotatable bonds is 2. The second kappa shape index (κ2) is 4.86. The molecule has 0 spiro atoms. The van der Waals surface area contributed by atoms with E-state index < -0.39 is 17.8 Å². The first-order chi connectivity index (χ1) is 10.1. The third kappa shape index (κ3) is 1.99. The first-order valence-corrected chi connectivity index (χ1v) is 6.29. The van der Waals surface area contributed by atoms with Gasteiger partial charge < -0.3 is 4.74 Å². The van der Waals surface area contributed by atoms with Crippen LogP contribution < -0.4 is 4.90 Å². The monoisotopic (exact) mass is 281 g/mol. The van der Waals surface area contributed by atoms with E-state index >= 15 is 0 Å². The molecule has 0 saturated heterocycles. The van der Waals surface area contributed by atoms with Crippen LogP contribution in [-0.4, -0.2) is 24.9 Å². The van der Waals surface area contributed by atoms with Crippen molar-refractivity contribution in [1.82, 2.24) is 0 Å². The zero-order valence-corrected chi connectivity index (χ0v) is 11.2. The van der Waals surface area contributed by atoms with Crippen LogP contribution in [-0.2, 0) is 14.3 Å². The summed E-state index contributed by atoms with van der Waals surface area (Å²) in [6.07, 6.45) is 2.37. The number of hydrogen-bond acceptors (Lipinski definition) is 4. The number of nitrogens with zero attached hydrogens (tertiary/aromatic N) is 1. The molecular formula is C16H11NO4. The summed E-state index contributed by atoms with van der Waals surface area (Å²) in [6, 6.07) is 10.5. The van der Waals surface area contributed by atoms with Crippen molar-refractivity contribution in [3.8, 4) is 0 Å². The van der Waals surface area contributed by atoms with Gasteiger partial charge in [0, 0.05) is 17.5 Å². The highest BCUT2D eigenvalue weighted by molar-refractivity contribution is 6.32. The van der Waals surface area contributed by atoms with E-state index in [4.69, 9.17) is 4.74 Å². The van der Waals surface area contributed by atoms with Gasteiger partial charge in [-0.25, -0.2) is 9.69 Å². The maximum atomic E-state index is 12.0. The van der Waals surface area contributed by atoms with E-state index in [0.29, 0.717) is 5.39 Å². The first-order valence-electron chi connectivity index (χ1n) is 6.29. The summed E-state index contributed by atoms with van der Waals surface area (Å²) in [5.41, 5.74) is 0.446. The fourth-order valence-corrected chi connectivity index (χ4v) is 2.39. The molecule has 0 atom stereocenters. The van der Waals surface area contributed by atoms with Gasteiger partial charge in [0.25, 0.3) is 11.8 Å². The summed E-state index contributed by atoms with van der Waals surface area (Å²) in [5.74, 6) is -1.54. The summed E-state index contributed by atoms with van der Waals surface area (Å²) in [7, 11) is 1.26. The van der Waals surface area contributed by atoms with Gasteiger partial charge in [-0.2, -0.15) is 0 Å². The minimum absolute atomic E-state index is 0.182. The van der Waals surface area contributed by atoms with Crippen molar-refractivity contribution in [2.45, 2.75) is 0 Å². The van der Waals surface area contributed by atoms with Crippen LogP contribution in [0.2, 0.25) is 0 Å². The number of hydrogen-bond donors (Lipinski definition) is 0. The topological polar surface area (TPSA) is 63.7 Å². The molecule has 0 unspecified atom stereocenters. The van der Waals surface area contributed by atoms with Crippen LogP contribution in [0, 0.1) is 0 Å². The Bertz CT molecular complexity index is 789. The fraction of sp³-hybridized carbons (Fsp3) is 0.0625. The molecule has 1 heterocycles. The van der Waals surface area contributed by atoms with Crippen molar-refractivity contribution in [3.05, 3.63) is 54.1 Å². The highest BCUT2D eigenvalue weighted by Gasteiger charge is 2.30. The average Bonchev–Trinajstić information content (AvgIpc) is 2.84. The van der Waals surface area contributed by atoms with Crippen LogP contribution in [0.5, 0.6) is 0 Å².